The van der Waals surface area contributed by atoms with Crippen LogP contribution < -0.4 is 10.6 Å². The second kappa shape index (κ2) is 10.5. The number of aromatic nitrogens is 2. The summed E-state index contributed by atoms with van der Waals surface area (Å²) >= 11 is 0. The number of carbonyl (C=O) groups excluding carboxylic acids is 1. The molecule has 2 heterocycles. The van der Waals surface area contributed by atoms with Crippen molar-refractivity contribution in [1.82, 2.24) is 25.3 Å². The zero-order valence-electron chi connectivity index (χ0n) is 16.6. The van der Waals surface area contributed by atoms with Gasteiger partial charge in [0.05, 0.1) is 0 Å². The Hall–Kier alpha value is -2.83. The molecule has 0 bridgehead atoms. The summed E-state index contributed by atoms with van der Waals surface area (Å²) in [7, 11) is 1.77. The number of rotatable bonds is 7. The van der Waals surface area contributed by atoms with Crippen molar-refractivity contribution in [2.24, 2.45) is 4.99 Å². The molecule has 2 N–H and O–H groups in total. The molecule has 28 heavy (non-hydrogen) atoms. The predicted octanol–water partition coefficient (Wildman–Crippen LogP) is 2.26. The Kier molecular flexibility index (Phi) is 7.46. The van der Waals surface area contributed by atoms with E-state index in [1.165, 1.54) is 6.42 Å². The van der Waals surface area contributed by atoms with Gasteiger partial charge < -0.3 is 15.5 Å². The maximum absolute atomic E-state index is 12.5. The fraction of sp³-hybridized carbons (Fsp3) is 0.476. The average molecular weight is 383 g/mol. The number of likely N-dealkylation sites (tertiary alicyclic amines) is 1. The van der Waals surface area contributed by atoms with Crippen molar-refractivity contribution in [2.45, 2.75) is 38.8 Å². The van der Waals surface area contributed by atoms with Crippen LogP contribution in [0.4, 0.5) is 0 Å². The van der Waals surface area contributed by atoms with Crippen LogP contribution in [0.2, 0.25) is 0 Å². The first-order valence-corrected chi connectivity index (χ1v) is 10.1. The predicted molar refractivity (Wildman–Crippen MR) is 111 cm³/mol. The van der Waals surface area contributed by atoms with Gasteiger partial charge in [-0.05, 0) is 49.4 Å². The van der Waals surface area contributed by atoms with Gasteiger partial charge in [0.25, 0.3) is 5.91 Å². The quantitative estimate of drug-likeness (QED) is 0.438. The van der Waals surface area contributed by atoms with Crippen LogP contribution in [0.15, 0.2) is 47.7 Å². The summed E-state index contributed by atoms with van der Waals surface area (Å²) in [6.45, 7) is 4.12. The summed E-state index contributed by atoms with van der Waals surface area (Å²) in [4.78, 5) is 18.8. The van der Waals surface area contributed by atoms with Crippen molar-refractivity contribution >= 4 is 11.9 Å². The summed E-state index contributed by atoms with van der Waals surface area (Å²) < 4.78 is 1.92. The topological polar surface area (TPSA) is 74.5 Å². The Morgan fingerprint density at radius 3 is 2.61 bits per heavy atom. The Morgan fingerprint density at radius 2 is 1.93 bits per heavy atom. The maximum atomic E-state index is 12.5. The number of guanidine groups is 1. The maximum Gasteiger partial charge on any atom is 0.253 e. The number of hydrogen-bond acceptors (Lipinski definition) is 3. The van der Waals surface area contributed by atoms with Gasteiger partial charge in [-0.15, -0.1) is 0 Å². The first kappa shape index (κ1) is 19.9. The van der Waals surface area contributed by atoms with E-state index in [9.17, 15) is 4.79 Å². The first-order valence-electron chi connectivity index (χ1n) is 10.1. The van der Waals surface area contributed by atoms with Crippen LogP contribution in [-0.4, -0.2) is 53.2 Å². The monoisotopic (exact) mass is 382 g/mol. The van der Waals surface area contributed by atoms with Crippen LogP contribution in [0.25, 0.3) is 0 Å². The van der Waals surface area contributed by atoms with Gasteiger partial charge in [0.15, 0.2) is 5.96 Å². The molecule has 0 unspecified atom stereocenters. The van der Waals surface area contributed by atoms with Crippen molar-refractivity contribution in [3.8, 4) is 0 Å². The van der Waals surface area contributed by atoms with Crippen LogP contribution >= 0.6 is 0 Å². The van der Waals surface area contributed by atoms with E-state index >= 15 is 0 Å². The van der Waals surface area contributed by atoms with Gasteiger partial charge in [-0.3, -0.25) is 14.5 Å². The number of aryl methyl sites for hydroxylation is 1. The molecule has 1 fully saturated rings. The molecule has 0 radical (unpaired) electrons. The molecule has 1 aromatic carbocycles. The van der Waals surface area contributed by atoms with Gasteiger partial charge in [-0.2, -0.15) is 5.10 Å². The molecule has 1 aliphatic heterocycles. The lowest BCUT2D eigenvalue weighted by molar-refractivity contribution is 0.0724. The van der Waals surface area contributed by atoms with Crippen LogP contribution in [0.5, 0.6) is 0 Å². The average Bonchev–Trinajstić information content (AvgIpc) is 3.27. The molecule has 7 heteroatoms. The minimum atomic E-state index is 0.147. The van der Waals surface area contributed by atoms with E-state index in [2.05, 4.69) is 20.7 Å². The van der Waals surface area contributed by atoms with Gasteiger partial charge >= 0.3 is 0 Å². The fourth-order valence-electron chi connectivity index (χ4n) is 3.33. The zero-order valence-corrected chi connectivity index (χ0v) is 16.6. The van der Waals surface area contributed by atoms with E-state index < -0.39 is 0 Å². The summed E-state index contributed by atoms with van der Waals surface area (Å²) in [5, 5.41) is 10.8. The zero-order chi connectivity index (χ0) is 19.6. The third kappa shape index (κ3) is 5.84. The van der Waals surface area contributed by atoms with E-state index in [1.807, 2.05) is 46.1 Å². The number of benzene rings is 1. The van der Waals surface area contributed by atoms with Gasteiger partial charge in [0, 0.05) is 57.7 Å². The third-order valence-electron chi connectivity index (χ3n) is 4.94. The summed E-state index contributed by atoms with van der Waals surface area (Å²) in [6.07, 6.45) is 8.18. The number of carbonyl (C=O) groups is 1. The highest BCUT2D eigenvalue weighted by Gasteiger charge is 2.17. The lowest BCUT2D eigenvalue weighted by Crippen LogP contribution is -2.37. The van der Waals surface area contributed by atoms with Crippen molar-refractivity contribution in [3.05, 3.63) is 53.9 Å². The molecule has 0 saturated carbocycles. The SMILES string of the molecule is CN=C(NCCCn1cccn1)NCc1ccc(C(=O)N2CCCCC2)cc1. The van der Waals surface area contributed by atoms with Crippen LogP contribution in [0.3, 0.4) is 0 Å². The number of nitrogens with zero attached hydrogens (tertiary/aromatic N) is 4. The third-order valence-corrected chi connectivity index (χ3v) is 4.94. The minimum absolute atomic E-state index is 0.147. The van der Waals surface area contributed by atoms with Gasteiger partial charge in [0.1, 0.15) is 0 Å². The number of amides is 1. The second-order valence-corrected chi connectivity index (χ2v) is 7.03. The smallest absolute Gasteiger partial charge is 0.253 e. The molecule has 3 rings (SSSR count). The van der Waals surface area contributed by atoms with E-state index in [4.69, 9.17) is 0 Å². The van der Waals surface area contributed by atoms with Crippen molar-refractivity contribution < 1.29 is 4.79 Å². The summed E-state index contributed by atoms with van der Waals surface area (Å²) in [5.41, 5.74) is 1.89. The van der Waals surface area contributed by atoms with E-state index in [0.29, 0.717) is 6.54 Å². The molecular weight excluding hydrogens is 352 g/mol. The van der Waals surface area contributed by atoms with Crippen LogP contribution in [0.1, 0.15) is 41.6 Å². The number of piperidine rings is 1. The van der Waals surface area contributed by atoms with Crippen LogP contribution in [-0.2, 0) is 13.1 Å². The number of nitrogens with one attached hydrogen (secondary N) is 2. The standard InChI is InChI=1S/C21H30N6O/c1-22-21(23-11-5-15-27-16-6-12-25-27)24-17-18-7-9-19(10-8-18)20(28)26-13-3-2-4-14-26/h6-10,12,16H,2-5,11,13-15,17H2,1H3,(H2,22,23,24). The van der Waals surface area contributed by atoms with Crippen molar-refractivity contribution in [2.75, 3.05) is 26.7 Å². The second-order valence-electron chi connectivity index (χ2n) is 7.03. The molecule has 0 aliphatic carbocycles. The van der Waals surface area contributed by atoms with Crippen LogP contribution in [0, 0.1) is 0 Å². The normalized spacial score (nSPS) is 14.8. The lowest BCUT2D eigenvalue weighted by Gasteiger charge is -2.26. The Labute approximate surface area is 166 Å². The van der Waals surface area contributed by atoms with Crippen molar-refractivity contribution in [1.29, 1.82) is 0 Å². The molecule has 1 amide bonds. The first-order chi connectivity index (χ1) is 13.8. The Morgan fingerprint density at radius 1 is 1.14 bits per heavy atom. The molecule has 0 spiro atoms. The number of aliphatic imine (C=N–C) groups is 1. The number of hydrogen-bond donors (Lipinski definition) is 2. The van der Waals surface area contributed by atoms with Gasteiger partial charge in [-0.25, -0.2) is 0 Å². The van der Waals surface area contributed by atoms with E-state index in [-0.39, 0.29) is 5.91 Å². The van der Waals surface area contributed by atoms with Crippen molar-refractivity contribution in [3.63, 3.8) is 0 Å². The summed E-state index contributed by atoms with van der Waals surface area (Å²) in [5.74, 6) is 0.919. The highest BCUT2D eigenvalue weighted by atomic mass is 16.2. The molecule has 2 aromatic rings. The Balaban J connectivity index is 1.40. The minimum Gasteiger partial charge on any atom is -0.356 e. The highest BCUT2D eigenvalue weighted by Crippen LogP contribution is 2.13. The van der Waals surface area contributed by atoms with E-state index in [0.717, 1.165) is 62.5 Å². The molecule has 150 valence electrons. The lowest BCUT2D eigenvalue weighted by atomic mass is 10.1. The fourth-order valence-corrected chi connectivity index (χ4v) is 3.33. The molecule has 1 saturated heterocycles. The van der Waals surface area contributed by atoms with E-state index in [1.54, 1.807) is 13.2 Å². The molecule has 0 atom stereocenters. The Bertz CT molecular complexity index is 748. The molecule has 1 aliphatic rings. The molecule has 7 nitrogen and oxygen atoms in total. The summed E-state index contributed by atoms with van der Waals surface area (Å²) in [6, 6.07) is 9.80. The van der Waals surface area contributed by atoms with Gasteiger partial charge in [0.2, 0.25) is 0 Å². The highest BCUT2D eigenvalue weighted by molar-refractivity contribution is 5.94. The van der Waals surface area contributed by atoms with Gasteiger partial charge in [-0.1, -0.05) is 12.1 Å². The molecule has 1 aromatic heterocycles. The molecular formula is C21H30N6O. The largest absolute Gasteiger partial charge is 0.356 e.